The molecule has 0 aliphatic rings. The molecule has 2 aromatic rings. The number of rotatable bonds is 5. The second kappa shape index (κ2) is 6.38. The van der Waals surface area contributed by atoms with Crippen molar-refractivity contribution in [2.75, 3.05) is 5.32 Å². The fourth-order valence-electron chi connectivity index (χ4n) is 1.84. The highest BCUT2D eigenvalue weighted by Crippen LogP contribution is 2.13. The predicted molar refractivity (Wildman–Crippen MR) is 79.0 cm³/mol. The van der Waals surface area contributed by atoms with Gasteiger partial charge in [-0.25, -0.2) is 0 Å². The molecule has 0 radical (unpaired) electrons. The Balaban J connectivity index is 2.17. The zero-order valence-corrected chi connectivity index (χ0v) is 11.2. The van der Waals surface area contributed by atoms with E-state index in [1.165, 1.54) is 0 Å². The number of primary amides is 1. The van der Waals surface area contributed by atoms with Gasteiger partial charge in [0.15, 0.2) is 5.84 Å². The molecule has 0 bridgehead atoms. The lowest BCUT2D eigenvalue weighted by molar-refractivity contribution is 0.100. The molecule has 0 saturated heterocycles. The van der Waals surface area contributed by atoms with Gasteiger partial charge >= 0.3 is 0 Å². The minimum atomic E-state index is -0.489. The van der Waals surface area contributed by atoms with E-state index in [1.54, 1.807) is 30.5 Å². The molecule has 1 heterocycles. The number of hydrogen-bond acceptors (Lipinski definition) is 5. The van der Waals surface area contributed by atoms with E-state index in [4.69, 9.17) is 16.7 Å². The van der Waals surface area contributed by atoms with E-state index in [9.17, 15) is 4.79 Å². The summed E-state index contributed by atoms with van der Waals surface area (Å²) in [7, 11) is 0. The van der Waals surface area contributed by atoms with Crippen LogP contribution in [0.25, 0.3) is 0 Å². The number of carbonyl (C=O) groups is 1. The minimum Gasteiger partial charge on any atom is -0.409 e. The van der Waals surface area contributed by atoms with Gasteiger partial charge in [0.2, 0.25) is 5.91 Å². The van der Waals surface area contributed by atoms with Crippen LogP contribution in [0.5, 0.6) is 0 Å². The van der Waals surface area contributed by atoms with Crippen molar-refractivity contribution >= 4 is 17.4 Å². The van der Waals surface area contributed by atoms with Crippen LogP contribution in [-0.4, -0.2) is 21.9 Å². The zero-order valence-electron chi connectivity index (χ0n) is 11.2. The van der Waals surface area contributed by atoms with Crippen molar-refractivity contribution in [1.29, 1.82) is 0 Å². The molecular formula is C14H15N5O2. The topological polar surface area (TPSA) is 127 Å². The highest BCUT2D eigenvalue weighted by Gasteiger charge is 2.08. The van der Waals surface area contributed by atoms with Gasteiger partial charge in [0.1, 0.15) is 5.69 Å². The average molecular weight is 285 g/mol. The van der Waals surface area contributed by atoms with Crippen LogP contribution in [0.2, 0.25) is 0 Å². The Kier molecular flexibility index (Phi) is 4.35. The third kappa shape index (κ3) is 3.47. The van der Waals surface area contributed by atoms with Gasteiger partial charge in [-0.15, -0.1) is 0 Å². The number of aromatic nitrogens is 1. The first kappa shape index (κ1) is 14.3. The van der Waals surface area contributed by atoms with Crippen molar-refractivity contribution in [2.45, 2.75) is 6.54 Å². The standard InChI is InChI=1S/C14H15N5O2/c15-13(19-21)12-10(4-2-6-17-12)8-18-11-5-1-3-9(7-11)14(16)20/h1-7,18,21H,8H2,(H2,15,19)(H2,16,20). The van der Waals surface area contributed by atoms with E-state index in [1.807, 2.05) is 12.1 Å². The Labute approximate surface area is 121 Å². The number of anilines is 1. The molecule has 2 rings (SSSR count). The Bertz CT molecular complexity index is 685. The van der Waals surface area contributed by atoms with E-state index in [0.29, 0.717) is 17.8 Å². The fraction of sp³-hybridized carbons (Fsp3) is 0.0714. The number of carbonyl (C=O) groups excluding carboxylic acids is 1. The summed E-state index contributed by atoms with van der Waals surface area (Å²) < 4.78 is 0. The molecule has 0 aliphatic heterocycles. The Hall–Kier alpha value is -3.09. The van der Waals surface area contributed by atoms with Crippen LogP contribution in [0, 0.1) is 0 Å². The Morgan fingerprint density at radius 1 is 1.29 bits per heavy atom. The lowest BCUT2D eigenvalue weighted by Gasteiger charge is -2.10. The lowest BCUT2D eigenvalue weighted by Crippen LogP contribution is -2.18. The highest BCUT2D eigenvalue weighted by molar-refractivity contribution is 5.96. The Morgan fingerprint density at radius 2 is 2.10 bits per heavy atom. The first-order chi connectivity index (χ1) is 10.1. The molecule has 21 heavy (non-hydrogen) atoms. The SMILES string of the molecule is NC(=O)c1cccc(NCc2cccnc2/C(N)=N/O)c1. The smallest absolute Gasteiger partial charge is 0.248 e. The molecule has 0 fully saturated rings. The summed E-state index contributed by atoms with van der Waals surface area (Å²) in [6.45, 7) is 0.404. The number of nitrogens with one attached hydrogen (secondary N) is 1. The summed E-state index contributed by atoms with van der Waals surface area (Å²) in [5, 5.41) is 14.8. The molecule has 0 unspecified atom stereocenters. The number of amides is 1. The first-order valence-corrected chi connectivity index (χ1v) is 6.17. The van der Waals surface area contributed by atoms with Crippen molar-refractivity contribution in [3.8, 4) is 0 Å². The van der Waals surface area contributed by atoms with Gasteiger partial charge < -0.3 is 22.0 Å². The van der Waals surface area contributed by atoms with Gasteiger partial charge in [-0.1, -0.05) is 17.3 Å². The van der Waals surface area contributed by atoms with Crippen LogP contribution in [-0.2, 0) is 6.54 Å². The normalized spacial score (nSPS) is 11.1. The number of nitrogens with two attached hydrogens (primary N) is 2. The van der Waals surface area contributed by atoms with Gasteiger partial charge in [-0.2, -0.15) is 0 Å². The third-order valence-electron chi connectivity index (χ3n) is 2.87. The van der Waals surface area contributed by atoms with Crippen LogP contribution in [0.3, 0.4) is 0 Å². The van der Waals surface area contributed by atoms with E-state index in [-0.39, 0.29) is 5.84 Å². The van der Waals surface area contributed by atoms with E-state index >= 15 is 0 Å². The minimum absolute atomic E-state index is 0.0571. The maximum absolute atomic E-state index is 11.1. The summed E-state index contributed by atoms with van der Waals surface area (Å²) in [6.07, 6.45) is 1.56. The number of amidine groups is 1. The molecule has 7 heteroatoms. The van der Waals surface area contributed by atoms with Crippen LogP contribution in [0.4, 0.5) is 5.69 Å². The molecule has 0 saturated carbocycles. The molecule has 7 nitrogen and oxygen atoms in total. The van der Waals surface area contributed by atoms with Crippen LogP contribution < -0.4 is 16.8 Å². The third-order valence-corrected chi connectivity index (χ3v) is 2.87. The molecular weight excluding hydrogens is 270 g/mol. The zero-order chi connectivity index (χ0) is 15.2. The second-order valence-electron chi connectivity index (χ2n) is 4.29. The number of benzene rings is 1. The summed E-state index contributed by atoms with van der Waals surface area (Å²) in [4.78, 5) is 15.2. The number of nitrogens with zero attached hydrogens (tertiary/aromatic N) is 2. The van der Waals surface area contributed by atoms with Crippen molar-refractivity contribution in [3.05, 3.63) is 59.4 Å². The quantitative estimate of drug-likeness (QED) is 0.281. The lowest BCUT2D eigenvalue weighted by atomic mass is 10.1. The first-order valence-electron chi connectivity index (χ1n) is 6.17. The second-order valence-corrected chi connectivity index (χ2v) is 4.29. The largest absolute Gasteiger partial charge is 0.409 e. The predicted octanol–water partition coefficient (Wildman–Crippen LogP) is 0.887. The van der Waals surface area contributed by atoms with Crippen LogP contribution in [0.15, 0.2) is 47.8 Å². The molecule has 0 aliphatic carbocycles. The summed E-state index contributed by atoms with van der Waals surface area (Å²) in [5.41, 5.74) is 13.1. The molecule has 1 amide bonds. The average Bonchev–Trinajstić information content (AvgIpc) is 2.52. The van der Waals surface area contributed by atoms with E-state index in [2.05, 4.69) is 15.5 Å². The molecule has 108 valence electrons. The summed E-state index contributed by atoms with van der Waals surface area (Å²) in [5.74, 6) is -0.546. The van der Waals surface area contributed by atoms with Gasteiger partial charge in [-0.3, -0.25) is 9.78 Å². The van der Waals surface area contributed by atoms with Crippen LogP contribution in [0.1, 0.15) is 21.6 Å². The van der Waals surface area contributed by atoms with Crippen molar-refractivity contribution in [2.24, 2.45) is 16.6 Å². The maximum Gasteiger partial charge on any atom is 0.248 e. The van der Waals surface area contributed by atoms with Gasteiger partial charge in [-0.05, 0) is 24.3 Å². The molecule has 1 aromatic heterocycles. The highest BCUT2D eigenvalue weighted by atomic mass is 16.4. The summed E-state index contributed by atoms with van der Waals surface area (Å²) >= 11 is 0. The van der Waals surface area contributed by atoms with Crippen molar-refractivity contribution < 1.29 is 10.0 Å². The molecule has 6 N–H and O–H groups in total. The van der Waals surface area contributed by atoms with Crippen molar-refractivity contribution in [3.63, 3.8) is 0 Å². The van der Waals surface area contributed by atoms with Gasteiger partial charge in [0.25, 0.3) is 0 Å². The van der Waals surface area contributed by atoms with E-state index in [0.717, 1.165) is 11.3 Å². The van der Waals surface area contributed by atoms with E-state index < -0.39 is 5.91 Å². The molecule has 0 atom stereocenters. The van der Waals surface area contributed by atoms with Crippen LogP contribution >= 0.6 is 0 Å². The number of oxime groups is 1. The van der Waals surface area contributed by atoms with Gasteiger partial charge in [0.05, 0.1) is 0 Å². The summed E-state index contributed by atoms with van der Waals surface area (Å²) in [6, 6.07) is 10.4. The maximum atomic E-state index is 11.1. The van der Waals surface area contributed by atoms with Crippen molar-refractivity contribution in [1.82, 2.24) is 4.98 Å². The molecule has 1 aromatic carbocycles. The Morgan fingerprint density at radius 3 is 2.81 bits per heavy atom. The monoisotopic (exact) mass is 285 g/mol. The number of pyridine rings is 1. The fourth-order valence-corrected chi connectivity index (χ4v) is 1.84. The molecule has 0 spiro atoms. The number of hydrogen-bond donors (Lipinski definition) is 4. The van der Waals surface area contributed by atoms with Gasteiger partial charge in [0, 0.05) is 29.6 Å².